The molecule has 5 rings (SSSR count). The first-order chi connectivity index (χ1) is 20.0. The van der Waals surface area contributed by atoms with Crippen LogP contribution in [0.15, 0.2) is 102 Å². The van der Waals surface area contributed by atoms with Crippen LogP contribution in [0, 0.1) is 0 Å². The van der Waals surface area contributed by atoms with Crippen LogP contribution in [-0.4, -0.2) is 30.9 Å². The van der Waals surface area contributed by atoms with Crippen molar-refractivity contribution in [2.24, 2.45) is 0 Å². The molecule has 1 aliphatic rings. The van der Waals surface area contributed by atoms with Gasteiger partial charge < -0.3 is 10.1 Å². The Labute approximate surface area is 244 Å². The molecule has 0 atom stereocenters. The normalized spacial score (nSPS) is 14.6. The number of rotatable bonds is 11. The van der Waals surface area contributed by atoms with Gasteiger partial charge in [0.2, 0.25) is 10.0 Å². The average molecular weight is 570 g/mol. The standard InChI is InChI=1S/C34H39N3O3S/c1-40-33-18-20-34(21-19-33)41(38,39)37(26-29-7-6-22-35-23-29)25-28-12-16-31(17-13-28)30-14-10-27(11-15-30)24-36-32-8-4-2-3-5-9-32/h6-7,10-23,32,36H,2-5,8-9,24-26H2,1H3. The van der Waals surface area contributed by atoms with Crippen LogP contribution in [0.25, 0.3) is 11.1 Å². The molecule has 41 heavy (non-hydrogen) atoms. The summed E-state index contributed by atoms with van der Waals surface area (Å²) >= 11 is 0. The van der Waals surface area contributed by atoms with E-state index >= 15 is 0 Å². The lowest BCUT2D eigenvalue weighted by atomic mass is 10.0. The Morgan fingerprint density at radius 3 is 1.98 bits per heavy atom. The van der Waals surface area contributed by atoms with Crippen molar-refractivity contribution in [1.29, 1.82) is 0 Å². The Hall–Kier alpha value is -3.52. The number of nitrogens with one attached hydrogen (secondary N) is 1. The molecule has 1 aromatic heterocycles. The summed E-state index contributed by atoms with van der Waals surface area (Å²) in [6.45, 7) is 1.37. The van der Waals surface area contributed by atoms with Crippen molar-refractivity contribution < 1.29 is 13.2 Å². The highest BCUT2D eigenvalue weighted by molar-refractivity contribution is 7.89. The minimum absolute atomic E-state index is 0.223. The van der Waals surface area contributed by atoms with Gasteiger partial charge in [-0.25, -0.2) is 8.42 Å². The van der Waals surface area contributed by atoms with E-state index in [1.807, 2.05) is 24.3 Å². The SMILES string of the molecule is COc1ccc(S(=O)(=O)N(Cc2ccc(-c3ccc(CNC4CCCCCC4)cc3)cc2)Cc2cccnc2)cc1. The lowest BCUT2D eigenvalue weighted by Crippen LogP contribution is -2.30. The maximum absolute atomic E-state index is 13.7. The molecule has 0 aliphatic heterocycles. The van der Waals surface area contributed by atoms with Gasteiger partial charge in [-0.3, -0.25) is 4.98 Å². The molecular weight excluding hydrogens is 530 g/mol. The lowest BCUT2D eigenvalue weighted by Gasteiger charge is -2.23. The summed E-state index contributed by atoms with van der Waals surface area (Å²) in [4.78, 5) is 4.40. The van der Waals surface area contributed by atoms with E-state index in [9.17, 15) is 8.42 Å². The van der Waals surface area contributed by atoms with Gasteiger partial charge in [0.1, 0.15) is 5.75 Å². The smallest absolute Gasteiger partial charge is 0.243 e. The number of ether oxygens (including phenoxy) is 1. The van der Waals surface area contributed by atoms with E-state index < -0.39 is 10.0 Å². The molecule has 3 aromatic carbocycles. The van der Waals surface area contributed by atoms with Crippen molar-refractivity contribution in [1.82, 2.24) is 14.6 Å². The third-order valence-corrected chi connectivity index (χ3v) is 9.64. The van der Waals surface area contributed by atoms with Crippen LogP contribution < -0.4 is 10.1 Å². The number of hydrogen-bond acceptors (Lipinski definition) is 5. The van der Waals surface area contributed by atoms with Gasteiger partial charge in [-0.1, -0.05) is 80.3 Å². The Kier molecular flexibility index (Phi) is 9.83. The van der Waals surface area contributed by atoms with Crippen LogP contribution in [0.4, 0.5) is 0 Å². The maximum Gasteiger partial charge on any atom is 0.243 e. The zero-order chi connectivity index (χ0) is 28.5. The van der Waals surface area contributed by atoms with Crippen LogP contribution in [0.2, 0.25) is 0 Å². The van der Waals surface area contributed by atoms with Gasteiger partial charge in [-0.05, 0) is 71.0 Å². The minimum atomic E-state index is -3.76. The lowest BCUT2D eigenvalue weighted by molar-refractivity contribution is 0.400. The van der Waals surface area contributed by atoms with Gasteiger partial charge in [-0.15, -0.1) is 0 Å². The maximum atomic E-state index is 13.7. The molecule has 214 valence electrons. The fourth-order valence-electron chi connectivity index (χ4n) is 5.38. The second kappa shape index (κ2) is 13.9. The number of pyridine rings is 1. The summed E-state index contributed by atoms with van der Waals surface area (Å²) < 4.78 is 34.1. The number of aromatic nitrogens is 1. The topological polar surface area (TPSA) is 71.5 Å². The number of sulfonamides is 1. The van der Waals surface area contributed by atoms with Gasteiger partial charge in [0.05, 0.1) is 12.0 Å². The number of hydrogen-bond donors (Lipinski definition) is 1. The summed E-state index contributed by atoms with van der Waals surface area (Å²) in [6.07, 6.45) is 11.4. The second-order valence-electron chi connectivity index (χ2n) is 10.8. The van der Waals surface area contributed by atoms with Crippen molar-refractivity contribution in [3.05, 3.63) is 114 Å². The highest BCUT2D eigenvalue weighted by atomic mass is 32.2. The van der Waals surface area contributed by atoms with E-state index in [1.165, 1.54) is 48.4 Å². The highest BCUT2D eigenvalue weighted by Crippen LogP contribution is 2.26. The van der Waals surface area contributed by atoms with E-state index in [2.05, 4.69) is 46.7 Å². The first kappa shape index (κ1) is 29.0. The van der Waals surface area contributed by atoms with E-state index in [1.54, 1.807) is 43.8 Å². The van der Waals surface area contributed by atoms with Gasteiger partial charge in [0.25, 0.3) is 0 Å². The summed E-state index contributed by atoms with van der Waals surface area (Å²) in [6, 6.07) is 27.7. The number of nitrogens with zero attached hydrogens (tertiary/aromatic N) is 2. The molecule has 0 radical (unpaired) electrons. The van der Waals surface area contributed by atoms with Crippen molar-refractivity contribution in [3.63, 3.8) is 0 Å². The molecule has 0 bridgehead atoms. The zero-order valence-corrected chi connectivity index (χ0v) is 24.5. The van der Waals surface area contributed by atoms with Crippen molar-refractivity contribution in [3.8, 4) is 16.9 Å². The van der Waals surface area contributed by atoms with Crippen molar-refractivity contribution >= 4 is 10.0 Å². The molecule has 6 nitrogen and oxygen atoms in total. The largest absolute Gasteiger partial charge is 0.497 e. The van der Waals surface area contributed by atoms with Crippen molar-refractivity contribution in [2.45, 2.75) is 69.1 Å². The third kappa shape index (κ3) is 7.82. The monoisotopic (exact) mass is 569 g/mol. The van der Waals surface area contributed by atoms with Gasteiger partial charge in [-0.2, -0.15) is 4.31 Å². The quantitative estimate of drug-likeness (QED) is 0.198. The Morgan fingerprint density at radius 1 is 0.780 bits per heavy atom. The summed E-state index contributed by atoms with van der Waals surface area (Å²) in [5.41, 5.74) is 5.29. The van der Waals surface area contributed by atoms with Crippen LogP contribution in [0.1, 0.15) is 55.2 Å². The van der Waals surface area contributed by atoms with Gasteiger partial charge >= 0.3 is 0 Å². The first-order valence-electron chi connectivity index (χ1n) is 14.5. The molecule has 7 heteroatoms. The van der Waals surface area contributed by atoms with Gasteiger partial charge in [0.15, 0.2) is 0 Å². The molecule has 1 fully saturated rings. The van der Waals surface area contributed by atoms with Crippen LogP contribution in [0.3, 0.4) is 0 Å². The molecule has 1 N–H and O–H groups in total. The fourth-order valence-corrected chi connectivity index (χ4v) is 6.80. The fraction of sp³-hybridized carbons (Fsp3) is 0.324. The van der Waals surface area contributed by atoms with E-state index in [0.717, 1.165) is 28.8 Å². The van der Waals surface area contributed by atoms with Gasteiger partial charge in [0, 0.05) is 38.1 Å². The van der Waals surface area contributed by atoms with E-state index in [4.69, 9.17) is 4.74 Å². The summed E-state index contributed by atoms with van der Waals surface area (Å²) in [7, 11) is -2.20. The minimum Gasteiger partial charge on any atom is -0.497 e. The highest BCUT2D eigenvalue weighted by Gasteiger charge is 2.25. The zero-order valence-electron chi connectivity index (χ0n) is 23.7. The summed E-state index contributed by atoms with van der Waals surface area (Å²) in [5, 5.41) is 3.75. The number of methoxy groups -OCH3 is 1. The molecule has 0 saturated heterocycles. The molecule has 0 unspecified atom stereocenters. The first-order valence-corrected chi connectivity index (χ1v) is 15.9. The third-order valence-electron chi connectivity index (χ3n) is 7.83. The summed E-state index contributed by atoms with van der Waals surface area (Å²) in [5.74, 6) is 0.613. The molecule has 0 amide bonds. The second-order valence-corrected chi connectivity index (χ2v) is 12.7. The molecule has 1 aliphatic carbocycles. The van der Waals surface area contributed by atoms with Crippen LogP contribution in [0.5, 0.6) is 5.75 Å². The van der Waals surface area contributed by atoms with Crippen LogP contribution >= 0.6 is 0 Å². The molecule has 1 saturated carbocycles. The van der Waals surface area contributed by atoms with E-state index in [0.29, 0.717) is 11.8 Å². The number of benzene rings is 3. The van der Waals surface area contributed by atoms with Crippen LogP contribution in [-0.2, 0) is 29.7 Å². The average Bonchev–Trinajstić information content (AvgIpc) is 3.30. The molecular formula is C34H39N3O3S. The predicted octanol–water partition coefficient (Wildman–Crippen LogP) is 6.96. The predicted molar refractivity (Wildman–Crippen MR) is 164 cm³/mol. The molecule has 4 aromatic rings. The Bertz CT molecular complexity index is 1470. The van der Waals surface area contributed by atoms with Crippen molar-refractivity contribution in [2.75, 3.05) is 7.11 Å². The molecule has 1 heterocycles. The Balaban J connectivity index is 1.28. The van der Waals surface area contributed by atoms with E-state index in [-0.39, 0.29) is 18.0 Å². The Morgan fingerprint density at radius 2 is 1.39 bits per heavy atom. The molecule has 0 spiro atoms.